The van der Waals surface area contributed by atoms with Crippen molar-refractivity contribution in [2.45, 2.75) is 20.8 Å². The zero-order chi connectivity index (χ0) is 7.44. The summed E-state index contributed by atoms with van der Waals surface area (Å²) in [4.78, 5) is 0. The summed E-state index contributed by atoms with van der Waals surface area (Å²) >= 11 is 1.54. The Bertz CT molecular complexity index is 99.1. The fourth-order valence-electron chi connectivity index (χ4n) is 0.489. The van der Waals surface area contributed by atoms with Crippen molar-refractivity contribution in [3.63, 3.8) is 0 Å². The van der Waals surface area contributed by atoms with Crippen LogP contribution in [-0.4, -0.2) is 11.3 Å². The first-order chi connectivity index (χ1) is 4.09. The van der Waals surface area contributed by atoms with E-state index >= 15 is 0 Å². The molecule has 9 heavy (non-hydrogen) atoms. The van der Waals surface area contributed by atoms with E-state index in [4.69, 9.17) is 5.41 Å². The molecule has 0 aromatic heterocycles. The number of thioether (sulfide) groups is 1. The summed E-state index contributed by atoms with van der Waals surface area (Å²) in [5.41, 5.74) is 0. The predicted octanol–water partition coefficient (Wildman–Crippen LogP) is 2.62. The topological polar surface area (TPSA) is 23.9 Å². The molecule has 0 aromatic carbocycles. The zero-order valence-electron chi connectivity index (χ0n) is 6.56. The van der Waals surface area contributed by atoms with Crippen molar-refractivity contribution in [2.24, 2.45) is 11.8 Å². The van der Waals surface area contributed by atoms with Crippen LogP contribution < -0.4 is 0 Å². The highest BCUT2D eigenvalue weighted by Gasteiger charge is 2.10. The summed E-state index contributed by atoms with van der Waals surface area (Å²) in [7, 11) is 0. The van der Waals surface area contributed by atoms with Gasteiger partial charge in [-0.25, -0.2) is 0 Å². The number of rotatable bonds is 2. The maximum absolute atomic E-state index is 7.44. The molecule has 0 saturated carbocycles. The van der Waals surface area contributed by atoms with Crippen molar-refractivity contribution in [3.8, 4) is 0 Å². The average Bonchev–Trinajstić information content (AvgIpc) is 1.84. The molecule has 0 saturated heterocycles. The molecule has 0 fully saturated rings. The fraction of sp³-hybridized carbons (Fsp3) is 0.857. The lowest BCUT2D eigenvalue weighted by molar-refractivity contribution is 0.536. The summed E-state index contributed by atoms with van der Waals surface area (Å²) in [5, 5.41) is 8.23. The van der Waals surface area contributed by atoms with E-state index in [0.29, 0.717) is 11.8 Å². The van der Waals surface area contributed by atoms with Gasteiger partial charge in [0, 0.05) is 5.92 Å². The van der Waals surface area contributed by atoms with Gasteiger partial charge in [-0.05, 0) is 12.2 Å². The lowest BCUT2D eigenvalue weighted by atomic mass is 10.00. The Labute approximate surface area is 61.7 Å². The van der Waals surface area contributed by atoms with E-state index in [9.17, 15) is 0 Å². The van der Waals surface area contributed by atoms with Crippen LogP contribution in [0.1, 0.15) is 20.8 Å². The Kier molecular flexibility index (Phi) is 3.95. The first-order valence-corrected chi connectivity index (χ1v) is 4.44. The first kappa shape index (κ1) is 9.02. The Morgan fingerprint density at radius 3 is 1.89 bits per heavy atom. The third-order valence-electron chi connectivity index (χ3n) is 1.63. The summed E-state index contributed by atoms with van der Waals surface area (Å²) in [5.74, 6) is 1.03. The Morgan fingerprint density at radius 1 is 1.33 bits per heavy atom. The summed E-state index contributed by atoms with van der Waals surface area (Å²) in [6.07, 6.45) is 1.96. The molecule has 1 N–H and O–H groups in total. The summed E-state index contributed by atoms with van der Waals surface area (Å²) < 4.78 is 0. The molecule has 0 aliphatic heterocycles. The molecule has 0 heterocycles. The van der Waals surface area contributed by atoms with Crippen LogP contribution in [-0.2, 0) is 0 Å². The molecular formula is C7H15NS. The minimum atomic E-state index is 0.431. The van der Waals surface area contributed by atoms with Gasteiger partial charge >= 0.3 is 0 Å². The minimum Gasteiger partial charge on any atom is -0.298 e. The zero-order valence-corrected chi connectivity index (χ0v) is 7.38. The van der Waals surface area contributed by atoms with Gasteiger partial charge in [-0.15, -0.1) is 11.8 Å². The van der Waals surface area contributed by atoms with Crippen molar-refractivity contribution in [3.05, 3.63) is 0 Å². The van der Waals surface area contributed by atoms with Gasteiger partial charge in [-0.1, -0.05) is 20.8 Å². The van der Waals surface area contributed by atoms with Crippen molar-refractivity contribution in [2.75, 3.05) is 6.26 Å². The molecule has 1 atom stereocenters. The van der Waals surface area contributed by atoms with Crippen molar-refractivity contribution in [1.82, 2.24) is 0 Å². The van der Waals surface area contributed by atoms with Gasteiger partial charge in [0.1, 0.15) is 0 Å². The molecule has 0 radical (unpaired) electrons. The van der Waals surface area contributed by atoms with Crippen LogP contribution in [0.4, 0.5) is 0 Å². The monoisotopic (exact) mass is 145 g/mol. The highest BCUT2D eigenvalue weighted by atomic mass is 32.2. The highest BCUT2D eigenvalue weighted by molar-refractivity contribution is 8.13. The van der Waals surface area contributed by atoms with Gasteiger partial charge in [0.15, 0.2) is 0 Å². The summed E-state index contributed by atoms with van der Waals surface area (Å²) in [6.45, 7) is 6.40. The fourth-order valence-corrected chi connectivity index (χ4v) is 1.13. The van der Waals surface area contributed by atoms with Crippen LogP contribution >= 0.6 is 11.8 Å². The Balaban J connectivity index is 3.72. The van der Waals surface area contributed by atoms with E-state index in [1.165, 1.54) is 0 Å². The van der Waals surface area contributed by atoms with Crippen molar-refractivity contribution < 1.29 is 0 Å². The molecule has 0 rings (SSSR count). The van der Waals surface area contributed by atoms with E-state index in [2.05, 4.69) is 20.8 Å². The Morgan fingerprint density at radius 2 is 1.78 bits per heavy atom. The SMILES string of the molecule is CSC(=N)C(C)C(C)C. The van der Waals surface area contributed by atoms with Crippen molar-refractivity contribution >= 4 is 16.8 Å². The van der Waals surface area contributed by atoms with Crippen LogP contribution in [0.15, 0.2) is 0 Å². The maximum Gasteiger partial charge on any atom is 0.0669 e. The van der Waals surface area contributed by atoms with Gasteiger partial charge in [-0.3, -0.25) is 5.41 Å². The van der Waals surface area contributed by atoms with Gasteiger partial charge in [0.2, 0.25) is 0 Å². The molecule has 0 amide bonds. The minimum absolute atomic E-state index is 0.431. The predicted molar refractivity (Wildman–Crippen MR) is 45.2 cm³/mol. The third kappa shape index (κ3) is 2.89. The molecule has 0 aromatic rings. The molecular weight excluding hydrogens is 130 g/mol. The maximum atomic E-state index is 7.44. The van der Waals surface area contributed by atoms with Crippen LogP contribution in [0.3, 0.4) is 0 Å². The molecule has 2 heteroatoms. The molecule has 0 aliphatic rings. The molecule has 1 nitrogen and oxygen atoms in total. The number of hydrogen-bond acceptors (Lipinski definition) is 2. The molecule has 0 aliphatic carbocycles. The second-order valence-electron chi connectivity index (χ2n) is 2.60. The standard InChI is InChI=1S/C7H15NS/c1-5(2)6(3)7(8)9-4/h5-6,8H,1-4H3. The third-order valence-corrected chi connectivity index (χ3v) is 2.45. The van der Waals surface area contributed by atoms with E-state index in [1.807, 2.05) is 6.26 Å². The highest BCUT2D eigenvalue weighted by Crippen LogP contribution is 2.16. The van der Waals surface area contributed by atoms with E-state index < -0.39 is 0 Å². The first-order valence-electron chi connectivity index (χ1n) is 3.22. The van der Waals surface area contributed by atoms with E-state index in [0.717, 1.165) is 5.04 Å². The van der Waals surface area contributed by atoms with Crippen LogP contribution in [0, 0.1) is 17.2 Å². The van der Waals surface area contributed by atoms with Crippen LogP contribution in [0.5, 0.6) is 0 Å². The van der Waals surface area contributed by atoms with E-state index in [-0.39, 0.29) is 0 Å². The number of hydrogen-bond donors (Lipinski definition) is 1. The van der Waals surface area contributed by atoms with Gasteiger partial charge < -0.3 is 0 Å². The number of nitrogens with one attached hydrogen (secondary N) is 1. The molecule has 1 unspecified atom stereocenters. The second kappa shape index (κ2) is 3.94. The quantitative estimate of drug-likeness (QED) is 0.468. The van der Waals surface area contributed by atoms with Crippen LogP contribution in [0.25, 0.3) is 0 Å². The molecule has 0 bridgehead atoms. The largest absolute Gasteiger partial charge is 0.298 e. The lowest BCUT2D eigenvalue weighted by Crippen LogP contribution is -2.11. The smallest absolute Gasteiger partial charge is 0.0669 e. The normalized spacial score (nSPS) is 13.9. The van der Waals surface area contributed by atoms with Gasteiger partial charge in [-0.2, -0.15) is 0 Å². The second-order valence-corrected chi connectivity index (χ2v) is 3.45. The van der Waals surface area contributed by atoms with E-state index in [1.54, 1.807) is 11.8 Å². The lowest BCUT2D eigenvalue weighted by Gasteiger charge is -2.13. The molecule has 0 spiro atoms. The summed E-state index contributed by atoms with van der Waals surface area (Å²) in [6, 6.07) is 0. The van der Waals surface area contributed by atoms with Crippen molar-refractivity contribution in [1.29, 1.82) is 5.41 Å². The van der Waals surface area contributed by atoms with Gasteiger partial charge in [0.05, 0.1) is 5.04 Å². The average molecular weight is 145 g/mol. The molecule has 54 valence electrons. The Hall–Kier alpha value is 0.0200. The van der Waals surface area contributed by atoms with Gasteiger partial charge in [0.25, 0.3) is 0 Å². The van der Waals surface area contributed by atoms with Crippen LogP contribution in [0.2, 0.25) is 0 Å².